The molecule has 0 aliphatic rings. The van der Waals surface area contributed by atoms with Gasteiger partial charge in [0.15, 0.2) is 5.78 Å². The van der Waals surface area contributed by atoms with E-state index in [4.69, 9.17) is 0 Å². The molecule has 0 spiro atoms. The van der Waals surface area contributed by atoms with Crippen molar-refractivity contribution in [2.45, 2.75) is 13.3 Å². The Labute approximate surface area is 103 Å². The third-order valence-corrected chi connectivity index (χ3v) is 2.59. The largest absolute Gasteiger partial charge is 0.294 e. The fraction of sp³-hybridized carbons (Fsp3) is 0.143. The number of ketones is 1. The van der Waals surface area contributed by atoms with E-state index >= 15 is 0 Å². The predicted molar refractivity (Wildman–Crippen MR) is 63.4 cm³/mol. The number of rotatable bonds is 3. The van der Waals surface area contributed by atoms with Gasteiger partial charge in [-0.15, -0.1) is 0 Å². The minimum Gasteiger partial charge on any atom is -0.294 e. The minimum absolute atomic E-state index is 0.0405. The van der Waals surface area contributed by atoms with Crippen molar-refractivity contribution in [1.29, 1.82) is 0 Å². The summed E-state index contributed by atoms with van der Waals surface area (Å²) in [4.78, 5) is 16.0. The van der Waals surface area contributed by atoms with E-state index in [2.05, 4.69) is 4.98 Å². The van der Waals surface area contributed by atoms with Crippen LogP contribution in [-0.2, 0) is 6.42 Å². The van der Waals surface area contributed by atoms with Crippen LogP contribution in [0.15, 0.2) is 36.5 Å². The lowest BCUT2D eigenvalue weighted by molar-refractivity contribution is 0.0992. The number of Topliss-reactive ketones (excluding diaryl/α,β-unsaturated/α-hetero) is 1. The fourth-order valence-electron chi connectivity index (χ4n) is 1.77. The zero-order valence-corrected chi connectivity index (χ0v) is 9.78. The molecule has 0 saturated carbocycles. The lowest BCUT2D eigenvalue weighted by Gasteiger charge is -2.04. The number of hydrogen-bond acceptors (Lipinski definition) is 2. The first-order chi connectivity index (χ1) is 8.56. The molecule has 4 heteroatoms. The summed E-state index contributed by atoms with van der Waals surface area (Å²) in [5.41, 5.74) is 1.40. The molecule has 2 rings (SSSR count). The van der Waals surface area contributed by atoms with E-state index < -0.39 is 11.6 Å². The average Bonchev–Trinajstić information content (AvgIpc) is 2.27. The van der Waals surface area contributed by atoms with Crippen molar-refractivity contribution in [1.82, 2.24) is 4.98 Å². The van der Waals surface area contributed by atoms with Gasteiger partial charge in [0.1, 0.15) is 11.6 Å². The molecule has 1 aromatic carbocycles. The first kappa shape index (κ1) is 12.4. The van der Waals surface area contributed by atoms with Gasteiger partial charge in [-0.2, -0.15) is 0 Å². The maximum Gasteiger partial charge on any atom is 0.169 e. The summed E-state index contributed by atoms with van der Waals surface area (Å²) in [7, 11) is 0. The maximum atomic E-state index is 13.0. The standard InChI is InChI=1S/C14H11F2NO/c1-9-13(3-2-4-17-9)14(18)7-10-5-11(15)8-12(16)6-10/h2-6,8H,7H2,1H3. The summed E-state index contributed by atoms with van der Waals surface area (Å²) in [5.74, 6) is -1.56. The van der Waals surface area contributed by atoms with Crippen LogP contribution in [0.25, 0.3) is 0 Å². The number of aromatic nitrogens is 1. The molecule has 18 heavy (non-hydrogen) atoms. The van der Waals surface area contributed by atoms with E-state index in [1.54, 1.807) is 25.3 Å². The van der Waals surface area contributed by atoms with Crippen LogP contribution >= 0.6 is 0 Å². The monoisotopic (exact) mass is 247 g/mol. The van der Waals surface area contributed by atoms with Crippen LogP contribution in [0.2, 0.25) is 0 Å². The Morgan fingerprint density at radius 3 is 2.50 bits per heavy atom. The lowest BCUT2D eigenvalue weighted by Crippen LogP contribution is -2.07. The number of nitrogens with zero attached hydrogens (tertiary/aromatic N) is 1. The van der Waals surface area contributed by atoms with Crippen LogP contribution < -0.4 is 0 Å². The van der Waals surface area contributed by atoms with E-state index in [1.807, 2.05) is 0 Å². The Balaban J connectivity index is 2.24. The Kier molecular flexibility index (Phi) is 3.46. The van der Waals surface area contributed by atoms with Gasteiger partial charge >= 0.3 is 0 Å². The summed E-state index contributed by atoms with van der Waals surface area (Å²) in [5, 5.41) is 0. The predicted octanol–water partition coefficient (Wildman–Crippen LogP) is 3.09. The van der Waals surface area contributed by atoms with Crippen molar-refractivity contribution in [3.63, 3.8) is 0 Å². The molecule has 0 atom stereocenters. The Morgan fingerprint density at radius 2 is 1.89 bits per heavy atom. The molecule has 2 aromatic rings. The highest BCUT2D eigenvalue weighted by Crippen LogP contribution is 2.13. The summed E-state index contributed by atoms with van der Waals surface area (Å²) >= 11 is 0. The molecular formula is C14H11F2NO. The van der Waals surface area contributed by atoms with Gasteiger partial charge < -0.3 is 0 Å². The lowest BCUT2D eigenvalue weighted by atomic mass is 10.0. The maximum absolute atomic E-state index is 13.0. The number of hydrogen-bond donors (Lipinski definition) is 0. The highest BCUT2D eigenvalue weighted by atomic mass is 19.1. The van der Waals surface area contributed by atoms with Crippen molar-refractivity contribution in [2.24, 2.45) is 0 Å². The number of carbonyl (C=O) groups excluding carboxylic acids is 1. The smallest absolute Gasteiger partial charge is 0.169 e. The quantitative estimate of drug-likeness (QED) is 0.780. The molecule has 0 N–H and O–H groups in total. The summed E-state index contributed by atoms with van der Waals surface area (Å²) in [6.45, 7) is 1.72. The zero-order valence-electron chi connectivity index (χ0n) is 9.78. The molecule has 1 heterocycles. The topological polar surface area (TPSA) is 30.0 Å². The molecule has 0 aliphatic heterocycles. The molecule has 0 aliphatic carbocycles. The molecule has 0 fully saturated rings. The first-order valence-electron chi connectivity index (χ1n) is 5.46. The van der Waals surface area contributed by atoms with Crippen LogP contribution in [-0.4, -0.2) is 10.8 Å². The van der Waals surface area contributed by atoms with Gasteiger partial charge in [0.05, 0.1) is 0 Å². The molecule has 2 nitrogen and oxygen atoms in total. The first-order valence-corrected chi connectivity index (χ1v) is 5.46. The second-order valence-electron chi connectivity index (χ2n) is 4.01. The average molecular weight is 247 g/mol. The molecular weight excluding hydrogens is 236 g/mol. The molecule has 0 unspecified atom stereocenters. The van der Waals surface area contributed by atoms with Crippen LogP contribution in [0.3, 0.4) is 0 Å². The SMILES string of the molecule is Cc1ncccc1C(=O)Cc1cc(F)cc(F)c1. The number of halogens is 2. The van der Waals surface area contributed by atoms with E-state index in [0.29, 0.717) is 16.8 Å². The van der Waals surface area contributed by atoms with Crippen LogP contribution in [0.1, 0.15) is 21.6 Å². The zero-order chi connectivity index (χ0) is 13.1. The van der Waals surface area contributed by atoms with E-state index in [-0.39, 0.29) is 12.2 Å². The Hall–Kier alpha value is -2.10. The van der Waals surface area contributed by atoms with Crippen LogP contribution in [0.5, 0.6) is 0 Å². The minimum atomic E-state index is -0.680. The summed E-state index contributed by atoms with van der Waals surface area (Å²) in [6.07, 6.45) is 1.55. The molecule has 0 amide bonds. The third kappa shape index (κ3) is 2.77. The third-order valence-electron chi connectivity index (χ3n) is 2.59. The second kappa shape index (κ2) is 5.04. The Bertz CT molecular complexity index is 576. The highest BCUT2D eigenvalue weighted by molar-refractivity contribution is 5.98. The van der Waals surface area contributed by atoms with Crippen LogP contribution in [0.4, 0.5) is 8.78 Å². The second-order valence-corrected chi connectivity index (χ2v) is 4.01. The van der Waals surface area contributed by atoms with Gasteiger partial charge in [0, 0.05) is 29.9 Å². The number of carbonyl (C=O) groups is 1. The molecule has 1 aromatic heterocycles. The summed E-state index contributed by atoms with van der Waals surface area (Å²) in [6, 6.07) is 6.41. The normalized spacial score (nSPS) is 10.4. The molecule has 0 radical (unpaired) electrons. The van der Waals surface area contributed by atoms with E-state index in [1.165, 1.54) is 0 Å². The van der Waals surface area contributed by atoms with Gasteiger partial charge in [0.25, 0.3) is 0 Å². The highest BCUT2D eigenvalue weighted by Gasteiger charge is 2.11. The van der Waals surface area contributed by atoms with Crippen molar-refractivity contribution in [3.05, 3.63) is 65.0 Å². The fourth-order valence-corrected chi connectivity index (χ4v) is 1.77. The molecule has 92 valence electrons. The van der Waals surface area contributed by atoms with Gasteiger partial charge in [-0.1, -0.05) is 0 Å². The van der Waals surface area contributed by atoms with Gasteiger partial charge in [-0.05, 0) is 36.8 Å². The van der Waals surface area contributed by atoms with Crippen molar-refractivity contribution in [3.8, 4) is 0 Å². The van der Waals surface area contributed by atoms with Crippen molar-refractivity contribution in [2.75, 3.05) is 0 Å². The summed E-state index contributed by atoms with van der Waals surface area (Å²) < 4.78 is 26.0. The molecule has 0 bridgehead atoms. The van der Waals surface area contributed by atoms with Crippen LogP contribution in [0, 0.1) is 18.6 Å². The van der Waals surface area contributed by atoms with E-state index in [0.717, 1.165) is 18.2 Å². The number of pyridine rings is 1. The number of benzene rings is 1. The van der Waals surface area contributed by atoms with Crippen molar-refractivity contribution >= 4 is 5.78 Å². The van der Waals surface area contributed by atoms with Gasteiger partial charge in [-0.3, -0.25) is 9.78 Å². The van der Waals surface area contributed by atoms with Gasteiger partial charge in [0.2, 0.25) is 0 Å². The molecule has 0 saturated heterocycles. The number of aryl methyl sites for hydroxylation is 1. The van der Waals surface area contributed by atoms with E-state index in [9.17, 15) is 13.6 Å². The van der Waals surface area contributed by atoms with Crippen molar-refractivity contribution < 1.29 is 13.6 Å². The Morgan fingerprint density at radius 1 is 1.22 bits per heavy atom. The van der Waals surface area contributed by atoms with Gasteiger partial charge in [-0.25, -0.2) is 8.78 Å².